The van der Waals surface area contributed by atoms with Crippen molar-refractivity contribution < 1.29 is 13.5 Å². The van der Waals surface area contributed by atoms with E-state index in [2.05, 4.69) is 36.2 Å². The molecule has 1 aromatic heterocycles. The Labute approximate surface area is 207 Å². The summed E-state index contributed by atoms with van der Waals surface area (Å²) in [5, 5.41) is 23.4. The first-order valence-electron chi connectivity index (χ1n) is 10.6. The number of aliphatic hydroxyl groups is 1. The number of fused-ring (bicyclic) bond motifs is 1. The zero-order valence-corrected chi connectivity index (χ0v) is 21.4. The lowest BCUT2D eigenvalue weighted by molar-refractivity contribution is 0.208. The smallest absolute Gasteiger partial charge is 0.241 e. The third-order valence-corrected chi connectivity index (χ3v) is 7.67. The number of sulfonamides is 1. The number of aryl methyl sites for hydroxylation is 1. The van der Waals surface area contributed by atoms with Gasteiger partial charge >= 0.3 is 0 Å². The van der Waals surface area contributed by atoms with E-state index in [1.807, 2.05) is 54.6 Å². The van der Waals surface area contributed by atoms with Crippen LogP contribution in [0.5, 0.6) is 0 Å². The molecular weight excluding hydrogens is 516 g/mol. The molecule has 0 amide bonds. The van der Waals surface area contributed by atoms with E-state index < -0.39 is 15.6 Å². The second-order valence-corrected chi connectivity index (χ2v) is 11.3. The second-order valence-electron chi connectivity index (χ2n) is 8.71. The predicted octanol–water partition coefficient (Wildman–Crippen LogP) is 5.16. The topological polar surface area (TPSA) is 104 Å². The summed E-state index contributed by atoms with van der Waals surface area (Å²) in [7, 11) is -3.87. The van der Waals surface area contributed by atoms with Crippen LogP contribution in [0.3, 0.4) is 0 Å². The number of benzene rings is 3. The van der Waals surface area contributed by atoms with Crippen LogP contribution in [0.4, 0.5) is 11.5 Å². The molecule has 9 heteroatoms. The molecule has 0 unspecified atom stereocenters. The van der Waals surface area contributed by atoms with Gasteiger partial charge in [0.2, 0.25) is 10.0 Å². The molecule has 0 radical (unpaired) electrons. The maximum absolute atomic E-state index is 13.1. The minimum absolute atomic E-state index is 0.133. The van der Waals surface area contributed by atoms with Gasteiger partial charge in [0.15, 0.2) is 5.82 Å². The van der Waals surface area contributed by atoms with Crippen molar-refractivity contribution in [1.82, 2.24) is 14.9 Å². The van der Waals surface area contributed by atoms with Crippen molar-refractivity contribution in [3.05, 3.63) is 76.8 Å². The van der Waals surface area contributed by atoms with E-state index >= 15 is 0 Å². The summed E-state index contributed by atoms with van der Waals surface area (Å²) >= 11 is 3.47. The van der Waals surface area contributed by atoms with Gasteiger partial charge < -0.3 is 10.4 Å². The van der Waals surface area contributed by atoms with Crippen molar-refractivity contribution in [2.24, 2.45) is 0 Å². The molecule has 1 heterocycles. The first-order valence-corrected chi connectivity index (χ1v) is 12.9. The van der Waals surface area contributed by atoms with E-state index in [-0.39, 0.29) is 11.5 Å². The van der Waals surface area contributed by atoms with Crippen molar-refractivity contribution in [2.75, 3.05) is 11.9 Å². The van der Waals surface area contributed by atoms with Crippen LogP contribution in [0.15, 0.2) is 76.1 Å². The van der Waals surface area contributed by atoms with Crippen LogP contribution in [0, 0.1) is 6.92 Å². The standard InChI is InChI=1S/C25H25BrN4O3S/c1-16-11-12-17(13-22(16)34(32,33)30-25(2,3)15-31)23-20-9-4-5-10-21(20)24(29-28-23)27-19-8-6-7-18(26)14-19/h4-14,30-31H,15H2,1-3H3,(H,27,29). The Balaban J connectivity index is 1.80. The van der Waals surface area contributed by atoms with Crippen LogP contribution in [-0.4, -0.2) is 35.9 Å². The summed E-state index contributed by atoms with van der Waals surface area (Å²) in [5.74, 6) is 0.601. The van der Waals surface area contributed by atoms with E-state index in [4.69, 9.17) is 0 Å². The number of nitrogens with one attached hydrogen (secondary N) is 2. The fourth-order valence-corrected chi connectivity index (χ4v) is 5.68. The van der Waals surface area contributed by atoms with Crippen LogP contribution in [0.25, 0.3) is 22.0 Å². The van der Waals surface area contributed by atoms with Gasteiger partial charge in [-0.25, -0.2) is 13.1 Å². The van der Waals surface area contributed by atoms with Crippen molar-refractivity contribution >= 4 is 48.2 Å². The second kappa shape index (κ2) is 9.42. The molecule has 0 fully saturated rings. The Hall–Kier alpha value is -2.85. The molecule has 0 aliphatic carbocycles. The molecule has 0 saturated carbocycles. The van der Waals surface area contributed by atoms with Crippen LogP contribution in [-0.2, 0) is 10.0 Å². The van der Waals surface area contributed by atoms with Gasteiger partial charge in [0.05, 0.1) is 17.0 Å². The number of hydrogen-bond donors (Lipinski definition) is 3. The van der Waals surface area contributed by atoms with Crippen LogP contribution in [0.2, 0.25) is 0 Å². The lowest BCUT2D eigenvalue weighted by atomic mass is 10.0. The summed E-state index contributed by atoms with van der Waals surface area (Å²) < 4.78 is 29.7. The highest BCUT2D eigenvalue weighted by atomic mass is 79.9. The molecule has 176 valence electrons. The van der Waals surface area contributed by atoms with Crippen LogP contribution in [0.1, 0.15) is 19.4 Å². The Morgan fingerprint density at radius 1 is 0.971 bits per heavy atom. The number of halogens is 1. The van der Waals surface area contributed by atoms with E-state index in [1.165, 1.54) is 0 Å². The third kappa shape index (κ3) is 5.12. The van der Waals surface area contributed by atoms with E-state index in [0.717, 1.165) is 20.9 Å². The zero-order chi connectivity index (χ0) is 24.5. The molecule has 4 aromatic rings. The number of rotatable bonds is 7. The van der Waals surface area contributed by atoms with Gasteiger partial charge in [-0.05, 0) is 50.6 Å². The molecule has 0 aliphatic heterocycles. The minimum Gasteiger partial charge on any atom is -0.394 e. The van der Waals surface area contributed by atoms with Gasteiger partial charge in [-0.3, -0.25) is 0 Å². The van der Waals surface area contributed by atoms with Crippen molar-refractivity contribution in [1.29, 1.82) is 0 Å². The van der Waals surface area contributed by atoms with Gasteiger partial charge in [0.1, 0.15) is 5.69 Å². The molecule has 0 spiro atoms. The average Bonchev–Trinajstić information content (AvgIpc) is 2.79. The first kappa shape index (κ1) is 24.3. The first-order chi connectivity index (χ1) is 16.1. The lowest BCUT2D eigenvalue weighted by Crippen LogP contribution is -2.46. The highest BCUT2D eigenvalue weighted by Crippen LogP contribution is 2.33. The highest BCUT2D eigenvalue weighted by Gasteiger charge is 2.27. The summed E-state index contributed by atoms with van der Waals surface area (Å²) in [6.45, 7) is 4.66. The molecule has 3 N–H and O–H groups in total. The summed E-state index contributed by atoms with van der Waals surface area (Å²) in [6, 6.07) is 20.7. The molecule has 0 saturated heterocycles. The van der Waals surface area contributed by atoms with E-state index in [0.29, 0.717) is 22.6 Å². The summed E-state index contributed by atoms with van der Waals surface area (Å²) in [6.07, 6.45) is 0. The number of anilines is 2. The Bertz CT molecular complexity index is 1470. The molecule has 0 aliphatic rings. The largest absolute Gasteiger partial charge is 0.394 e. The van der Waals surface area contributed by atoms with Gasteiger partial charge in [-0.1, -0.05) is 58.4 Å². The third-order valence-electron chi connectivity index (χ3n) is 5.33. The summed E-state index contributed by atoms with van der Waals surface area (Å²) in [5.41, 5.74) is 1.67. The van der Waals surface area contributed by atoms with Gasteiger partial charge in [0.25, 0.3) is 0 Å². The van der Waals surface area contributed by atoms with Gasteiger partial charge in [-0.2, -0.15) is 0 Å². The molecular formula is C25H25BrN4O3S. The molecule has 34 heavy (non-hydrogen) atoms. The van der Waals surface area contributed by atoms with Crippen LogP contribution >= 0.6 is 15.9 Å². The van der Waals surface area contributed by atoms with Gasteiger partial charge in [-0.15, -0.1) is 10.2 Å². The fraction of sp³-hybridized carbons (Fsp3) is 0.200. The molecule has 0 bridgehead atoms. The molecule has 0 atom stereocenters. The Morgan fingerprint density at radius 2 is 1.71 bits per heavy atom. The van der Waals surface area contributed by atoms with E-state index in [9.17, 15) is 13.5 Å². The van der Waals surface area contributed by atoms with Crippen molar-refractivity contribution in [3.63, 3.8) is 0 Å². The average molecular weight is 541 g/mol. The van der Waals surface area contributed by atoms with Gasteiger partial charge in [0, 0.05) is 26.5 Å². The van der Waals surface area contributed by atoms with E-state index in [1.54, 1.807) is 32.9 Å². The number of aliphatic hydroxyl groups excluding tert-OH is 1. The molecule has 7 nitrogen and oxygen atoms in total. The quantitative estimate of drug-likeness (QED) is 0.299. The Morgan fingerprint density at radius 3 is 2.41 bits per heavy atom. The maximum Gasteiger partial charge on any atom is 0.241 e. The zero-order valence-electron chi connectivity index (χ0n) is 19.0. The number of aromatic nitrogens is 2. The van der Waals surface area contributed by atoms with Crippen molar-refractivity contribution in [3.8, 4) is 11.3 Å². The molecule has 4 rings (SSSR count). The van der Waals surface area contributed by atoms with Crippen molar-refractivity contribution in [2.45, 2.75) is 31.2 Å². The van der Waals surface area contributed by atoms with Crippen LogP contribution < -0.4 is 10.0 Å². The fourth-order valence-electron chi connectivity index (χ4n) is 3.60. The monoisotopic (exact) mass is 540 g/mol. The lowest BCUT2D eigenvalue weighted by Gasteiger charge is -2.24. The number of hydrogen-bond acceptors (Lipinski definition) is 6. The normalized spacial score (nSPS) is 12.1. The predicted molar refractivity (Wildman–Crippen MR) is 139 cm³/mol. The molecule has 3 aromatic carbocycles. The highest BCUT2D eigenvalue weighted by molar-refractivity contribution is 9.10. The Kier molecular flexibility index (Phi) is 6.73. The summed E-state index contributed by atoms with van der Waals surface area (Å²) in [4.78, 5) is 0.133. The number of nitrogens with zero attached hydrogens (tertiary/aromatic N) is 2. The minimum atomic E-state index is -3.87. The SMILES string of the molecule is Cc1ccc(-c2nnc(Nc3cccc(Br)c3)c3ccccc23)cc1S(=O)(=O)NC(C)(C)CO. The maximum atomic E-state index is 13.1.